The second kappa shape index (κ2) is 5.92. The van der Waals surface area contributed by atoms with Gasteiger partial charge in [0.2, 0.25) is 4.96 Å². The van der Waals surface area contributed by atoms with E-state index in [4.69, 9.17) is 0 Å². The molecule has 0 aliphatic heterocycles. The van der Waals surface area contributed by atoms with Crippen molar-refractivity contribution in [1.29, 1.82) is 0 Å². The van der Waals surface area contributed by atoms with Crippen molar-refractivity contribution in [1.82, 2.24) is 14.6 Å². The zero-order chi connectivity index (χ0) is 16.7. The molecule has 0 N–H and O–H groups in total. The van der Waals surface area contributed by atoms with E-state index < -0.39 is 0 Å². The third kappa shape index (κ3) is 2.65. The number of thiazole rings is 1. The Morgan fingerprint density at radius 3 is 2.58 bits per heavy atom. The standard InChI is InChI=1S/C17H9BrFN3OS/c18-13-4-2-1-3-11(13)9-14-16(23)22-17(24-14)20-15(21-22)10-5-7-12(19)8-6-10/h1-9H/b14-9-. The number of halogens is 2. The van der Waals surface area contributed by atoms with E-state index in [-0.39, 0.29) is 11.4 Å². The number of hydrogen-bond acceptors (Lipinski definition) is 4. The fourth-order valence-electron chi connectivity index (χ4n) is 2.29. The Labute approximate surface area is 148 Å². The molecule has 0 saturated carbocycles. The van der Waals surface area contributed by atoms with Gasteiger partial charge < -0.3 is 0 Å². The number of hydrogen-bond donors (Lipinski definition) is 0. The van der Waals surface area contributed by atoms with Gasteiger partial charge in [-0.2, -0.15) is 9.50 Å². The molecule has 0 radical (unpaired) electrons. The van der Waals surface area contributed by atoms with Crippen LogP contribution in [-0.2, 0) is 0 Å². The zero-order valence-electron chi connectivity index (χ0n) is 12.1. The summed E-state index contributed by atoms with van der Waals surface area (Å²) in [7, 11) is 0. The van der Waals surface area contributed by atoms with E-state index in [2.05, 4.69) is 26.0 Å². The maximum absolute atomic E-state index is 13.0. The van der Waals surface area contributed by atoms with Gasteiger partial charge in [-0.05, 0) is 42.0 Å². The van der Waals surface area contributed by atoms with Gasteiger partial charge in [0.05, 0.1) is 4.53 Å². The van der Waals surface area contributed by atoms with Gasteiger partial charge in [-0.1, -0.05) is 45.5 Å². The second-order valence-corrected chi connectivity index (χ2v) is 6.94. The van der Waals surface area contributed by atoms with Crippen molar-refractivity contribution < 1.29 is 4.39 Å². The summed E-state index contributed by atoms with van der Waals surface area (Å²) in [5, 5.41) is 4.25. The molecule has 24 heavy (non-hydrogen) atoms. The van der Waals surface area contributed by atoms with Crippen LogP contribution in [0.25, 0.3) is 22.4 Å². The van der Waals surface area contributed by atoms with Crippen molar-refractivity contribution in [3.8, 4) is 11.4 Å². The first-order valence-electron chi connectivity index (χ1n) is 7.03. The first kappa shape index (κ1) is 15.2. The Morgan fingerprint density at radius 1 is 1.12 bits per heavy atom. The van der Waals surface area contributed by atoms with Crippen LogP contribution < -0.4 is 10.1 Å². The molecule has 4 aromatic rings. The van der Waals surface area contributed by atoms with Crippen molar-refractivity contribution >= 4 is 38.3 Å². The van der Waals surface area contributed by atoms with E-state index >= 15 is 0 Å². The molecular formula is C17H9BrFN3OS. The fourth-order valence-corrected chi connectivity index (χ4v) is 3.59. The monoisotopic (exact) mass is 401 g/mol. The van der Waals surface area contributed by atoms with Crippen LogP contribution in [0.1, 0.15) is 5.56 Å². The Balaban J connectivity index is 1.83. The summed E-state index contributed by atoms with van der Waals surface area (Å²) in [5.41, 5.74) is 1.37. The summed E-state index contributed by atoms with van der Waals surface area (Å²) in [5.74, 6) is 0.0837. The molecule has 2 aromatic heterocycles. The minimum Gasteiger partial charge on any atom is -0.266 e. The summed E-state index contributed by atoms with van der Waals surface area (Å²) in [4.78, 5) is 17.4. The smallest absolute Gasteiger partial charge is 0.266 e. The molecule has 2 aromatic carbocycles. The maximum Gasteiger partial charge on any atom is 0.291 e. The Morgan fingerprint density at radius 2 is 1.88 bits per heavy atom. The van der Waals surface area contributed by atoms with E-state index in [1.54, 1.807) is 12.1 Å². The number of nitrogens with zero attached hydrogens (tertiary/aromatic N) is 3. The first-order chi connectivity index (χ1) is 11.6. The third-order valence-electron chi connectivity index (χ3n) is 3.48. The van der Waals surface area contributed by atoms with Crippen LogP contribution in [-0.4, -0.2) is 14.6 Å². The van der Waals surface area contributed by atoms with Gasteiger partial charge >= 0.3 is 0 Å². The SMILES string of the molecule is O=c1/c(=C/c2ccccc2Br)sc2nc(-c3ccc(F)cc3)nn12. The minimum atomic E-state index is -0.324. The number of fused-ring (bicyclic) bond motifs is 1. The molecule has 0 fully saturated rings. The van der Waals surface area contributed by atoms with Crippen LogP contribution in [0, 0.1) is 5.82 Å². The van der Waals surface area contributed by atoms with Crippen molar-refractivity contribution in [2.45, 2.75) is 0 Å². The Bertz CT molecular complexity index is 1150. The van der Waals surface area contributed by atoms with Gasteiger partial charge in [0.1, 0.15) is 5.82 Å². The van der Waals surface area contributed by atoms with Crippen LogP contribution in [0.5, 0.6) is 0 Å². The molecule has 0 atom stereocenters. The number of benzene rings is 2. The van der Waals surface area contributed by atoms with Crippen molar-refractivity contribution in [3.63, 3.8) is 0 Å². The van der Waals surface area contributed by atoms with Gasteiger partial charge in [-0.3, -0.25) is 4.79 Å². The predicted molar refractivity (Wildman–Crippen MR) is 95.5 cm³/mol. The Hall–Kier alpha value is -2.38. The molecular weight excluding hydrogens is 393 g/mol. The highest BCUT2D eigenvalue weighted by molar-refractivity contribution is 9.10. The van der Waals surface area contributed by atoms with E-state index in [9.17, 15) is 9.18 Å². The molecule has 0 amide bonds. The molecule has 0 aliphatic carbocycles. The van der Waals surface area contributed by atoms with Crippen LogP contribution in [0.3, 0.4) is 0 Å². The Kier molecular flexibility index (Phi) is 3.74. The summed E-state index contributed by atoms with van der Waals surface area (Å²) in [6, 6.07) is 13.5. The zero-order valence-corrected chi connectivity index (χ0v) is 14.5. The highest BCUT2D eigenvalue weighted by Gasteiger charge is 2.12. The molecule has 4 nitrogen and oxygen atoms in total. The average Bonchev–Trinajstić information content (AvgIpc) is 3.11. The molecule has 0 unspecified atom stereocenters. The largest absolute Gasteiger partial charge is 0.291 e. The second-order valence-electron chi connectivity index (χ2n) is 5.07. The lowest BCUT2D eigenvalue weighted by molar-refractivity contribution is 0.628. The highest BCUT2D eigenvalue weighted by Crippen LogP contribution is 2.18. The quantitative estimate of drug-likeness (QED) is 0.517. The van der Waals surface area contributed by atoms with Gasteiger partial charge in [-0.15, -0.1) is 5.10 Å². The van der Waals surface area contributed by atoms with Crippen LogP contribution >= 0.6 is 27.3 Å². The molecule has 0 aliphatic rings. The molecule has 118 valence electrons. The van der Waals surface area contributed by atoms with Crippen LogP contribution in [0.2, 0.25) is 0 Å². The average molecular weight is 402 g/mol. The lowest BCUT2D eigenvalue weighted by Crippen LogP contribution is -2.23. The predicted octanol–water partition coefficient (Wildman–Crippen LogP) is 3.27. The summed E-state index contributed by atoms with van der Waals surface area (Å²) < 4.78 is 15.8. The van der Waals surface area contributed by atoms with Crippen LogP contribution in [0.15, 0.2) is 57.8 Å². The van der Waals surface area contributed by atoms with Crippen molar-refractivity contribution in [2.24, 2.45) is 0 Å². The van der Waals surface area contributed by atoms with E-state index in [1.165, 1.54) is 28.0 Å². The first-order valence-corrected chi connectivity index (χ1v) is 8.64. The molecule has 2 heterocycles. The van der Waals surface area contributed by atoms with Crippen LogP contribution in [0.4, 0.5) is 4.39 Å². The molecule has 4 rings (SSSR count). The summed E-state index contributed by atoms with van der Waals surface area (Å²) in [6.45, 7) is 0. The lowest BCUT2D eigenvalue weighted by atomic mass is 10.2. The fraction of sp³-hybridized carbons (Fsp3) is 0. The molecule has 7 heteroatoms. The van der Waals surface area contributed by atoms with Crippen molar-refractivity contribution in [2.75, 3.05) is 0 Å². The topological polar surface area (TPSA) is 47.3 Å². The molecule has 0 saturated heterocycles. The number of aromatic nitrogens is 3. The third-order valence-corrected chi connectivity index (χ3v) is 5.16. The maximum atomic E-state index is 13.0. The van der Waals surface area contributed by atoms with Gasteiger partial charge in [-0.25, -0.2) is 4.39 Å². The van der Waals surface area contributed by atoms with E-state index in [0.29, 0.717) is 20.9 Å². The van der Waals surface area contributed by atoms with Gasteiger partial charge in [0, 0.05) is 10.0 Å². The molecule has 0 spiro atoms. The summed E-state index contributed by atoms with van der Waals surface area (Å²) >= 11 is 4.74. The van der Waals surface area contributed by atoms with E-state index in [0.717, 1.165) is 10.0 Å². The molecule has 0 bridgehead atoms. The van der Waals surface area contributed by atoms with Gasteiger partial charge in [0.25, 0.3) is 5.56 Å². The highest BCUT2D eigenvalue weighted by atomic mass is 79.9. The normalized spacial score (nSPS) is 12.2. The van der Waals surface area contributed by atoms with Gasteiger partial charge in [0.15, 0.2) is 5.82 Å². The summed E-state index contributed by atoms with van der Waals surface area (Å²) in [6.07, 6.45) is 1.81. The number of rotatable bonds is 2. The minimum absolute atomic E-state index is 0.216. The van der Waals surface area contributed by atoms with Crippen molar-refractivity contribution in [3.05, 3.63) is 79.3 Å². The van der Waals surface area contributed by atoms with E-state index in [1.807, 2.05) is 30.3 Å². The lowest BCUT2D eigenvalue weighted by Gasteiger charge is -1.94.